The molecule has 0 bridgehead atoms. The molecule has 5 N–H and O–H groups in total. The number of nitrogens with one attached hydrogen (secondary N) is 1. The van der Waals surface area contributed by atoms with E-state index in [0.29, 0.717) is 30.2 Å². The highest BCUT2D eigenvalue weighted by Gasteiger charge is 2.09. The van der Waals surface area contributed by atoms with Gasteiger partial charge in [-0.3, -0.25) is 9.79 Å². The van der Waals surface area contributed by atoms with Crippen LogP contribution in [0.15, 0.2) is 64.5 Å². The summed E-state index contributed by atoms with van der Waals surface area (Å²) in [4.78, 5) is 16.7. The van der Waals surface area contributed by atoms with E-state index in [4.69, 9.17) is 16.2 Å². The Hall–Kier alpha value is -2.51. The second-order valence-corrected chi connectivity index (χ2v) is 6.33. The molecular weight excluding hydrogens is 348 g/mol. The second kappa shape index (κ2) is 13.7. The van der Waals surface area contributed by atoms with E-state index in [-0.39, 0.29) is 5.91 Å². The average Bonchev–Trinajstić information content (AvgIpc) is 2.60. The summed E-state index contributed by atoms with van der Waals surface area (Å²) >= 11 is 1.21. The van der Waals surface area contributed by atoms with Gasteiger partial charge in [-0.1, -0.05) is 43.6 Å². The molecule has 0 spiro atoms. The summed E-state index contributed by atoms with van der Waals surface area (Å²) in [6.45, 7) is 13.8. The highest BCUT2D eigenvalue weighted by molar-refractivity contribution is 8.07. The number of nitrogens with two attached hydrogens (primary N) is 2. The van der Waals surface area contributed by atoms with Crippen LogP contribution in [-0.2, 0) is 11.3 Å². The molecule has 0 unspecified atom stereocenters. The molecule has 0 radical (unpaired) electrons. The Labute approximate surface area is 160 Å². The van der Waals surface area contributed by atoms with Gasteiger partial charge in [-0.15, -0.1) is 0 Å². The van der Waals surface area contributed by atoms with E-state index in [0.717, 1.165) is 16.2 Å². The predicted octanol–water partition coefficient (Wildman–Crippen LogP) is 2.93. The summed E-state index contributed by atoms with van der Waals surface area (Å²) in [6, 6.07) is 7.51. The summed E-state index contributed by atoms with van der Waals surface area (Å²) < 4.78 is 5.13. The van der Waals surface area contributed by atoms with Gasteiger partial charge >= 0.3 is 0 Å². The van der Waals surface area contributed by atoms with Gasteiger partial charge in [0.25, 0.3) is 5.91 Å². The summed E-state index contributed by atoms with van der Waals surface area (Å²) in [5.74, 6) is 0.524. The number of benzene rings is 1. The zero-order valence-corrected chi connectivity index (χ0v) is 16.3. The number of allylic oxidation sites excluding steroid dienone is 1. The first-order chi connectivity index (χ1) is 12.3. The Bertz CT molecular complexity index is 657. The van der Waals surface area contributed by atoms with Crippen molar-refractivity contribution in [3.05, 3.63) is 65.1 Å². The molecule has 0 heterocycles. The van der Waals surface area contributed by atoms with Crippen LogP contribution >= 0.6 is 11.8 Å². The number of methoxy groups -OCH3 is 1. The van der Waals surface area contributed by atoms with Gasteiger partial charge in [0.2, 0.25) is 0 Å². The van der Waals surface area contributed by atoms with E-state index >= 15 is 0 Å². The lowest BCUT2D eigenvalue weighted by molar-refractivity contribution is -0.116. The van der Waals surface area contributed by atoms with Crippen molar-refractivity contribution < 1.29 is 9.53 Å². The van der Waals surface area contributed by atoms with E-state index in [1.165, 1.54) is 11.8 Å². The Morgan fingerprint density at radius 1 is 1.38 bits per heavy atom. The minimum absolute atomic E-state index is 0.230. The highest BCUT2D eigenvalue weighted by atomic mass is 32.2. The van der Waals surface area contributed by atoms with E-state index in [1.54, 1.807) is 13.3 Å². The number of thioether (sulfide) groups is 1. The second-order valence-electron chi connectivity index (χ2n) is 5.06. The number of nitrogens with zero attached hydrogens (tertiary/aromatic N) is 1. The lowest BCUT2D eigenvalue weighted by Gasteiger charge is -2.09. The highest BCUT2D eigenvalue weighted by Crippen LogP contribution is 2.26. The van der Waals surface area contributed by atoms with Gasteiger partial charge in [0.1, 0.15) is 5.75 Å². The molecule has 0 aliphatic carbocycles. The molecule has 6 nitrogen and oxygen atoms in total. The summed E-state index contributed by atoms with van der Waals surface area (Å²) in [5, 5.41) is 2.80. The molecule has 26 heavy (non-hydrogen) atoms. The van der Waals surface area contributed by atoms with Gasteiger partial charge in [-0.05, 0) is 35.7 Å². The summed E-state index contributed by atoms with van der Waals surface area (Å²) in [5.41, 5.74) is 11.9. The summed E-state index contributed by atoms with van der Waals surface area (Å²) in [6.07, 6.45) is 2.15. The smallest absolute Gasteiger partial charge is 0.257 e. The third-order valence-corrected chi connectivity index (χ3v) is 3.69. The SMILES string of the molecule is C/C=N\CN.C=C(N)CC(=C)SC(=C)C(=O)NCc1cccc(OC)c1. The maximum atomic E-state index is 11.9. The van der Waals surface area contributed by atoms with Gasteiger partial charge in [-0.2, -0.15) is 0 Å². The van der Waals surface area contributed by atoms with Crippen molar-refractivity contribution in [2.45, 2.75) is 19.9 Å². The molecule has 142 valence electrons. The van der Waals surface area contributed by atoms with Crippen LogP contribution in [0.1, 0.15) is 18.9 Å². The Morgan fingerprint density at radius 3 is 2.58 bits per heavy atom. The van der Waals surface area contributed by atoms with Crippen molar-refractivity contribution in [1.29, 1.82) is 0 Å². The number of carbonyl (C=O) groups excluding carboxylic acids is 1. The minimum atomic E-state index is -0.230. The zero-order valence-electron chi connectivity index (χ0n) is 15.5. The van der Waals surface area contributed by atoms with Crippen LogP contribution in [0.5, 0.6) is 5.75 Å². The lowest BCUT2D eigenvalue weighted by Crippen LogP contribution is -2.23. The number of hydrogen-bond donors (Lipinski definition) is 3. The van der Waals surface area contributed by atoms with Crippen molar-refractivity contribution >= 4 is 23.9 Å². The van der Waals surface area contributed by atoms with Gasteiger partial charge in [0.15, 0.2) is 0 Å². The van der Waals surface area contributed by atoms with Gasteiger partial charge in [0, 0.05) is 18.7 Å². The Kier molecular flexibility index (Phi) is 12.4. The monoisotopic (exact) mass is 376 g/mol. The van der Waals surface area contributed by atoms with Crippen LogP contribution in [0.2, 0.25) is 0 Å². The first kappa shape index (κ1) is 23.5. The molecule has 1 amide bonds. The van der Waals surface area contributed by atoms with Gasteiger partial charge in [-0.25, -0.2) is 0 Å². The Balaban J connectivity index is 0.00000110. The topological polar surface area (TPSA) is 103 Å². The van der Waals surface area contributed by atoms with Crippen molar-refractivity contribution in [3.8, 4) is 5.75 Å². The zero-order chi connectivity index (χ0) is 19.9. The van der Waals surface area contributed by atoms with Crippen molar-refractivity contribution in [2.75, 3.05) is 13.8 Å². The standard InChI is InChI=1S/C16H20N2O2S.C3H8N2/c1-11(17)8-12(2)21-13(3)16(19)18-10-14-6-5-7-15(9-14)20-4;1-2-5-3-4/h5-7,9H,1-3,8,10,17H2,4H3,(H,18,19);2H,3-4H2,1H3/b;5-2-. The predicted molar refractivity (Wildman–Crippen MR) is 112 cm³/mol. The normalized spacial score (nSPS) is 9.81. The molecule has 1 rings (SSSR count). The van der Waals surface area contributed by atoms with Crippen LogP contribution in [0.3, 0.4) is 0 Å². The van der Waals surface area contributed by atoms with E-state index in [9.17, 15) is 4.79 Å². The molecule has 1 aromatic carbocycles. The minimum Gasteiger partial charge on any atom is -0.497 e. The number of rotatable bonds is 9. The fraction of sp³-hybridized carbons (Fsp3) is 0.263. The number of aliphatic imine (C=N–C) groups is 1. The third kappa shape index (κ3) is 11.1. The van der Waals surface area contributed by atoms with Crippen LogP contribution in [0.25, 0.3) is 0 Å². The molecule has 0 aromatic heterocycles. The van der Waals surface area contributed by atoms with Crippen LogP contribution in [0, 0.1) is 0 Å². The molecule has 0 saturated heterocycles. The average molecular weight is 377 g/mol. The van der Waals surface area contributed by atoms with Gasteiger partial charge in [0.05, 0.1) is 18.7 Å². The number of ether oxygens (including phenoxy) is 1. The molecule has 0 atom stereocenters. The maximum absolute atomic E-state index is 11.9. The fourth-order valence-electron chi connectivity index (χ4n) is 1.68. The molecule has 7 heteroatoms. The van der Waals surface area contributed by atoms with E-state index in [2.05, 4.69) is 30.0 Å². The molecule has 0 saturated carbocycles. The summed E-state index contributed by atoms with van der Waals surface area (Å²) in [7, 11) is 1.60. The van der Waals surface area contributed by atoms with Gasteiger partial charge < -0.3 is 21.5 Å². The first-order valence-electron chi connectivity index (χ1n) is 7.87. The largest absolute Gasteiger partial charge is 0.497 e. The first-order valence-corrected chi connectivity index (χ1v) is 8.69. The molecule has 0 aliphatic rings. The van der Waals surface area contributed by atoms with Crippen LogP contribution < -0.4 is 21.5 Å². The fourth-order valence-corrected chi connectivity index (χ4v) is 2.45. The van der Waals surface area contributed by atoms with Crippen molar-refractivity contribution in [2.24, 2.45) is 16.5 Å². The van der Waals surface area contributed by atoms with E-state index in [1.807, 2.05) is 31.2 Å². The molecular formula is C19H28N4O2S. The van der Waals surface area contributed by atoms with Crippen LogP contribution in [-0.4, -0.2) is 25.9 Å². The van der Waals surface area contributed by atoms with Crippen LogP contribution in [0.4, 0.5) is 0 Å². The Morgan fingerprint density at radius 2 is 2.08 bits per heavy atom. The number of hydrogen-bond acceptors (Lipinski definition) is 6. The molecule has 0 fully saturated rings. The van der Waals surface area contributed by atoms with E-state index < -0.39 is 0 Å². The number of amides is 1. The molecule has 1 aromatic rings. The van der Waals surface area contributed by atoms with Crippen molar-refractivity contribution in [1.82, 2.24) is 5.32 Å². The molecule has 0 aliphatic heterocycles. The maximum Gasteiger partial charge on any atom is 0.257 e. The quantitative estimate of drug-likeness (QED) is 0.454. The van der Waals surface area contributed by atoms with Crippen molar-refractivity contribution in [3.63, 3.8) is 0 Å². The number of carbonyl (C=O) groups is 1. The third-order valence-electron chi connectivity index (χ3n) is 2.82. The lowest BCUT2D eigenvalue weighted by atomic mass is 10.2.